The Balaban J connectivity index is 1.33. The number of cyclic esters (lactones) is 1. The van der Waals surface area contributed by atoms with Crippen molar-refractivity contribution in [3.8, 4) is 0 Å². The first-order valence-electron chi connectivity index (χ1n) is 15.0. The van der Waals surface area contributed by atoms with Crippen molar-refractivity contribution in [2.24, 2.45) is 11.5 Å². The minimum absolute atomic E-state index is 0.0226. The van der Waals surface area contributed by atoms with Gasteiger partial charge in [-0.05, 0) is 68.6 Å². The molecule has 0 radical (unpaired) electrons. The highest BCUT2D eigenvalue weighted by atomic mass is 35.5. The van der Waals surface area contributed by atoms with E-state index >= 15 is 0 Å². The highest BCUT2D eigenvalue weighted by molar-refractivity contribution is 7.18. The number of carbonyl (C=O) groups is 5. The molecule has 15 heteroatoms. The molecule has 13 nitrogen and oxygen atoms in total. The molecule has 0 aliphatic carbocycles. The van der Waals surface area contributed by atoms with Gasteiger partial charge in [-0.3, -0.25) is 29.0 Å². The summed E-state index contributed by atoms with van der Waals surface area (Å²) in [6.45, 7) is 1.79. The number of hydrogen-bond acceptors (Lipinski definition) is 10. The maximum absolute atomic E-state index is 13.4. The van der Waals surface area contributed by atoms with Crippen LogP contribution < -0.4 is 26.6 Å². The van der Waals surface area contributed by atoms with Gasteiger partial charge in [0, 0.05) is 30.9 Å². The van der Waals surface area contributed by atoms with E-state index in [1.54, 1.807) is 41.3 Å². The van der Waals surface area contributed by atoms with Crippen LogP contribution in [-0.2, 0) is 23.9 Å². The number of rotatable bonds is 15. The van der Waals surface area contributed by atoms with Gasteiger partial charge in [-0.1, -0.05) is 18.0 Å². The molecule has 5 amide bonds. The van der Waals surface area contributed by atoms with E-state index < -0.39 is 30.1 Å². The molecule has 4 rings (SSSR count). The number of hydrogen-bond donors (Lipinski definition) is 3. The maximum atomic E-state index is 13.4. The Kier molecular flexibility index (Phi) is 12.7. The van der Waals surface area contributed by atoms with Crippen LogP contribution in [0.5, 0.6) is 0 Å². The average Bonchev–Trinajstić information content (AvgIpc) is 3.64. The number of nitrogens with two attached hydrogens (primary N) is 2. The second-order valence-electron chi connectivity index (χ2n) is 10.8. The fourth-order valence-corrected chi connectivity index (χ4v) is 6.01. The van der Waals surface area contributed by atoms with Crippen LogP contribution in [0.3, 0.4) is 0 Å². The number of imide groups is 1. The van der Waals surface area contributed by atoms with Gasteiger partial charge in [0.05, 0.1) is 35.0 Å². The third-order valence-corrected chi connectivity index (χ3v) is 8.69. The van der Waals surface area contributed by atoms with Crippen LogP contribution in [0, 0.1) is 0 Å². The summed E-state index contributed by atoms with van der Waals surface area (Å²) in [5, 5.41) is 2.78. The van der Waals surface area contributed by atoms with Crippen molar-refractivity contribution in [2.75, 3.05) is 55.7 Å². The number of anilines is 2. The molecular formula is C30H39ClN6O7S. The van der Waals surface area contributed by atoms with E-state index in [1.807, 2.05) is 0 Å². The summed E-state index contributed by atoms with van der Waals surface area (Å²) in [4.78, 5) is 68.3. The summed E-state index contributed by atoms with van der Waals surface area (Å²) < 4.78 is 11.1. The lowest BCUT2D eigenvalue weighted by molar-refractivity contribution is -0.129. The Hall–Kier alpha value is -3.56. The van der Waals surface area contributed by atoms with Gasteiger partial charge in [-0.2, -0.15) is 0 Å². The third kappa shape index (κ3) is 9.47. The molecule has 2 aromatic rings. The normalized spacial score (nSPS) is 17.3. The molecule has 2 aliphatic rings. The van der Waals surface area contributed by atoms with Crippen LogP contribution in [-0.4, -0.2) is 92.7 Å². The second-order valence-corrected chi connectivity index (χ2v) is 12.5. The van der Waals surface area contributed by atoms with Gasteiger partial charge in [0.1, 0.15) is 12.7 Å². The van der Waals surface area contributed by atoms with E-state index in [1.165, 1.54) is 4.90 Å². The van der Waals surface area contributed by atoms with Crippen molar-refractivity contribution in [1.82, 2.24) is 10.2 Å². The molecule has 2 atom stereocenters. The zero-order valence-corrected chi connectivity index (χ0v) is 26.5. The molecule has 244 valence electrons. The standard InChI is InChI=1S/C30H39ClN6O7S/c31-25-12-11-24(45-25)29(41)37(26(38)6-2-4-14-34-28(40)23(33)5-1-3-13-32)18-22-17-36(30(42)44-22)21-9-7-20(8-10-21)35-15-16-43-19-27(35)39/h7-12,22-23H,1-6,13-19,32-33H2,(H,34,40)/t22-,23?/m1/s1. The number of ether oxygens (including phenoxy) is 2. The Morgan fingerprint density at radius 3 is 2.44 bits per heavy atom. The second kappa shape index (κ2) is 16.7. The van der Waals surface area contributed by atoms with Crippen molar-refractivity contribution in [2.45, 2.75) is 50.7 Å². The highest BCUT2D eigenvalue weighted by Gasteiger charge is 2.36. The fraction of sp³-hybridized carbons (Fsp3) is 0.500. The van der Waals surface area contributed by atoms with Crippen molar-refractivity contribution in [3.63, 3.8) is 0 Å². The summed E-state index contributed by atoms with van der Waals surface area (Å²) in [5.74, 6) is -1.34. The van der Waals surface area contributed by atoms with Gasteiger partial charge in [0.2, 0.25) is 11.8 Å². The summed E-state index contributed by atoms with van der Waals surface area (Å²) >= 11 is 7.10. The Labute approximate surface area is 270 Å². The average molecular weight is 663 g/mol. The Bertz CT molecular complexity index is 1360. The lowest BCUT2D eigenvalue weighted by atomic mass is 10.1. The molecule has 0 spiro atoms. The van der Waals surface area contributed by atoms with Crippen molar-refractivity contribution < 1.29 is 33.4 Å². The van der Waals surface area contributed by atoms with Crippen molar-refractivity contribution >= 4 is 64.0 Å². The van der Waals surface area contributed by atoms with Crippen molar-refractivity contribution in [1.29, 1.82) is 0 Å². The number of unbranched alkanes of at least 4 members (excludes halogenated alkanes) is 2. The minimum atomic E-state index is -0.763. The number of amides is 5. The molecule has 2 fully saturated rings. The number of nitrogens with one attached hydrogen (secondary N) is 1. The van der Waals surface area contributed by atoms with E-state index in [-0.39, 0.29) is 37.9 Å². The minimum Gasteiger partial charge on any atom is -0.442 e. The lowest BCUT2D eigenvalue weighted by Crippen LogP contribution is -2.43. The van der Waals surface area contributed by atoms with Crippen LogP contribution in [0.4, 0.5) is 16.2 Å². The van der Waals surface area contributed by atoms with E-state index in [4.69, 9.17) is 32.5 Å². The number of benzene rings is 1. The number of thiophene rings is 1. The number of halogens is 1. The first-order valence-corrected chi connectivity index (χ1v) is 16.2. The molecule has 1 aromatic heterocycles. The van der Waals surface area contributed by atoms with Crippen LogP contribution in [0.25, 0.3) is 0 Å². The van der Waals surface area contributed by atoms with Gasteiger partial charge >= 0.3 is 6.09 Å². The summed E-state index contributed by atoms with van der Waals surface area (Å²) in [6, 6.07) is 9.45. The molecule has 1 aromatic carbocycles. The van der Waals surface area contributed by atoms with E-state index in [0.717, 1.165) is 29.1 Å². The number of morpholine rings is 1. The zero-order chi connectivity index (χ0) is 32.3. The topological polar surface area (TPSA) is 178 Å². The SMILES string of the molecule is NCCCCC(N)C(=O)NCCCCC(=O)N(C[C@H]1CN(c2ccc(N3CCOCC3=O)cc2)C(=O)O1)C(=O)c1ccc(Cl)s1. The van der Waals surface area contributed by atoms with Crippen LogP contribution in [0.15, 0.2) is 36.4 Å². The molecule has 0 saturated carbocycles. The molecule has 45 heavy (non-hydrogen) atoms. The summed E-state index contributed by atoms with van der Waals surface area (Å²) in [6.07, 6.45) is 1.75. The Morgan fingerprint density at radius 2 is 1.78 bits per heavy atom. The van der Waals surface area contributed by atoms with Crippen molar-refractivity contribution in [3.05, 3.63) is 45.6 Å². The monoisotopic (exact) mass is 662 g/mol. The van der Waals surface area contributed by atoms with E-state index in [9.17, 15) is 24.0 Å². The quantitative estimate of drug-likeness (QED) is 0.242. The highest BCUT2D eigenvalue weighted by Crippen LogP contribution is 2.27. The predicted molar refractivity (Wildman–Crippen MR) is 170 cm³/mol. The van der Waals surface area contributed by atoms with Gasteiger partial charge in [-0.25, -0.2) is 4.79 Å². The zero-order valence-electron chi connectivity index (χ0n) is 25.0. The van der Waals surface area contributed by atoms with Crippen LogP contribution in [0.2, 0.25) is 4.34 Å². The Morgan fingerprint density at radius 1 is 1.04 bits per heavy atom. The first-order chi connectivity index (χ1) is 21.7. The molecular weight excluding hydrogens is 624 g/mol. The van der Waals surface area contributed by atoms with Gasteiger partial charge in [0.25, 0.3) is 11.8 Å². The van der Waals surface area contributed by atoms with Crippen LogP contribution >= 0.6 is 22.9 Å². The van der Waals surface area contributed by atoms with E-state index in [0.29, 0.717) is 66.1 Å². The summed E-state index contributed by atoms with van der Waals surface area (Å²) in [5.41, 5.74) is 12.6. The van der Waals surface area contributed by atoms with Gasteiger partial charge in [-0.15, -0.1) is 11.3 Å². The van der Waals surface area contributed by atoms with E-state index in [2.05, 4.69) is 5.32 Å². The summed E-state index contributed by atoms with van der Waals surface area (Å²) in [7, 11) is 0. The third-order valence-electron chi connectivity index (χ3n) is 7.47. The van der Waals surface area contributed by atoms with Crippen LogP contribution in [0.1, 0.15) is 48.2 Å². The first kappa shape index (κ1) is 34.3. The number of nitrogens with zero attached hydrogens (tertiary/aromatic N) is 3. The predicted octanol–water partition coefficient (Wildman–Crippen LogP) is 2.50. The maximum Gasteiger partial charge on any atom is 0.414 e. The molecule has 2 saturated heterocycles. The lowest BCUT2D eigenvalue weighted by Gasteiger charge is -2.27. The molecule has 5 N–H and O–H groups in total. The molecule has 2 aliphatic heterocycles. The smallest absolute Gasteiger partial charge is 0.414 e. The molecule has 3 heterocycles. The van der Waals surface area contributed by atoms with Gasteiger partial charge < -0.3 is 31.2 Å². The fourth-order valence-electron chi connectivity index (χ4n) is 5.01. The molecule has 1 unspecified atom stereocenters. The largest absolute Gasteiger partial charge is 0.442 e. The van der Waals surface area contributed by atoms with Gasteiger partial charge in [0.15, 0.2) is 0 Å². The molecule has 0 bridgehead atoms. The number of carbonyl (C=O) groups excluding carboxylic acids is 5.